The van der Waals surface area contributed by atoms with Crippen LogP contribution in [0, 0.1) is 0 Å². The summed E-state index contributed by atoms with van der Waals surface area (Å²) in [5, 5.41) is 0. The standard InChI is InChI=1S/C16H17NO4/c1-19-14-6-4-3-5-12(14)10-21-16(18)11-7-8-15(20-2)13(17)9-11/h3-9H,10,17H2,1-2H3. The van der Waals surface area contributed by atoms with Crippen LogP contribution in [0.5, 0.6) is 11.5 Å². The molecule has 2 aromatic carbocycles. The van der Waals surface area contributed by atoms with Crippen LogP contribution in [0.25, 0.3) is 0 Å². The number of carbonyl (C=O) groups is 1. The second-order valence-electron chi connectivity index (χ2n) is 4.34. The summed E-state index contributed by atoms with van der Waals surface area (Å²) in [6, 6.07) is 12.1. The van der Waals surface area contributed by atoms with E-state index in [0.29, 0.717) is 22.7 Å². The molecule has 0 bridgehead atoms. The largest absolute Gasteiger partial charge is 0.496 e. The molecule has 2 rings (SSSR count). The maximum absolute atomic E-state index is 12.0. The molecular formula is C16H17NO4. The molecule has 0 radical (unpaired) electrons. The number of esters is 1. The summed E-state index contributed by atoms with van der Waals surface area (Å²) >= 11 is 0. The Morgan fingerprint density at radius 2 is 1.76 bits per heavy atom. The molecule has 0 aliphatic heterocycles. The molecule has 21 heavy (non-hydrogen) atoms. The highest BCUT2D eigenvalue weighted by Gasteiger charge is 2.11. The van der Waals surface area contributed by atoms with Crippen LogP contribution in [-0.4, -0.2) is 20.2 Å². The summed E-state index contributed by atoms with van der Waals surface area (Å²) in [6.45, 7) is 0.134. The molecule has 2 aromatic rings. The molecule has 0 heterocycles. The van der Waals surface area contributed by atoms with Crippen molar-refractivity contribution in [3.63, 3.8) is 0 Å². The lowest BCUT2D eigenvalue weighted by atomic mass is 10.2. The molecule has 0 saturated carbocycles. The lowest BCUT2D eigenvalue weighted by molar-refractivity contribution is 0.0470. The molecule has 0 aliphatic rings. The van der Waals surface area contributed by atoms with Crippen molar-refractivity contribution in [3.8, 4) is 11.5 Å². The molecule has 0 spiro atoms. The van der Waals surface area contributed by atoms with Gasteiger partial charge in [0.25, 0.3) is 0 Å². The van der Waals surface area contributed by atoms with E-state index in [1.807, 2.05) is 24.3 Å². The van der Waals surface area contributed by atoms with Gasteiger partial charge in [-0.05, 0) is 24.3 Å². The third-order valence-corrected chi connectivity index (χ3v) is 3.02. The van der Waals surface area contributed by atoms with Gasteiger partial charge in [-0.2, -0.15) is 0 Å². The smallest absolute Gasteiger partial charge is 0.338 e. The van der Waals surface area contributed by atoms with Gasteiger partial charge in [0.05, 0.1) is 25.5 Å². The zero-order chi connectivity index (χ0) is 15.2. The number of anilines is 1. The molecule has 110 valence electrons. The van der Waals surface area contributed by atoms with Gasteiger partial charge in [0, 0.05) is 5.56 Å². The molecule has 2 N–H and O–H groups in total. The van der Waals surface area contributed by atoms with Crippen LogP contribution >= 0.6 is 0 Å². The average molecular weight is 287 g/mol. The SMILES string of the molecule is COc1ccc(C(=O)OCc2ccccc2OC)cc1N. The van der Waals surface area contributed by atoms with Crippen molar-refractivity contribution >= 4 is 11.7 Å². The fraction of sp³-hybridized carbons (Fsp3) is 0.188. The first kappa shape index (κ1) is 14.7. The van der Waals surface area contributed by atoms with E-state index in [4.69, 9.17) is 19.9 Å². The minimum Gasteiger partial charge on any atom is -0.496 e. The predicted molar refractivity (Wildman–Crippen MR) is 79.5 cm³/mol. The number of ether oxygens (including phenoxy) is 3. The summed E-state index contributed by atoms with van der Waals surface area (Å²) in [7, 11) is 3.09. The highest BCUT2D eigenvalue weighted by atomic mass is 16.5. The highest BCUT2D eigenvalue weighted by Crippen LogP contribution is 2.23. The summed E-state index contributed by atoms with van der Waals surface area (Å²) in [5.74, 6) is 0.756. The monoisotopic (exact) mass is 287 g/mol. The van der Waals surface area contributed by atoms with Crippen LogP contribution in [0.3, 0.4) is 0 Å². The van der Waals surface area contributed by atoms with Gasteiger partial charge in [0.1, 0.15) is 18.1 Å². The van der Waals surface area contributed by atoms with Crippen molar-refractivity contribution in [2.45, 2.75) is 6.61 Å². The third kappa shape index (κ3) is 3.45. The number of hydrogen-bond donors (Lipinski definition) is 1. The minimum absolute atomic E-state index is 0.134. The minimum atomic E-state index is -0.449. The number of nitrogens with two attached hydrogens (primary N) is 1. The van der Waals surface area contributed by atoms with Crippen LogP contribution in [0.4, 0.5) is 5.69 Å². The Morgan fingerprint density at radius 1 is 1.05 bits per heavy atom. The number of benzene rings is 2. The van der Waals surface area contributed by atoms with E-state index >= 15 is 0 Å². The topological polar surface area (TPSA) is 70.8 Å². The van der Waals surface area contributed by atoms with E-state index < -0.39 is 5.97 Å². The normalized spacial score (nSPS) is 10.0. The van der Waals surface area contributed by atoms with Crippen molar-refractivity contribution in [1.82, 2.24) is 0 Å². The Bertz CT molecular complexity index is 640. The van der Waals surface area contributed by atoms with E-state index in [9.17, 15) is 4.79 Å². The molecule has 0 unspecified atom stereocenters. The first-order chi connectivity index (χ1) is 10.2. The highest BCUT2D eigenvalue weighted by molar-refractivity contribution is 5.91. The van der Waals surface area contributed by atoms with Crippen molar-refractivity contribution in [2.24, 2.45) is 0 Å². The number of methoxy groups -OCH3 is 2. The van der Waals surface area contributed by atoms with Crippen LogP contribution in [-0.2, 0) is 11.3 Å². The molecule has 0 aliphatic carbocycles. The molecule has 5 nitrogen and oxygen atoms in total. The lowest BCUT2D eigenvalue weighted by Crippen LogP contribution is -2.07. The van der Waals surface area contributed by atoms with Gasteiger partial charge in [-0.25, -0.2) is 4.79 Å². The number of nitrogen functional groups attached to an aromatic ring is 1. The average Bonchev–Trinajstić information content (AvgIpc) is 2.52. The Labute approximate surface area is 123 Å². The maximum Gasteiger partial charge on any atom is 0.338 e. The van der Waals surface area contributed by atoms with Gasteiger partial charge in [0.15, 0.2) is 0 Å². The molecule has 0 fully saturated rings. The molecule has 0 amide bonds. The maximum atomic E-state index is 12.0. The van der Waals surface area contributed by atoms with E-state index in [1.54, 1.807) is 19.2 Å². The number of rotatable bonds is 5. The summed E-state index contributed by atoms with van der Waals surface area (Å²) in [6.07, 6.45) is 0. The number of hydrogen-bond acceptors (Lipinski definition) is 5. The first-order valence-electron chi connectivity index (χ1n) is 6.38. The summed E-state index contributed by atoms with van der Waals surface area (Å²) < 4.78 is 15.5. The Hall–Kier alpha value is -2.69. The van der Waals surface area contributed by atoms with Gasteiger partial charge in [0.2, 0.25) is 0 Å². The molecule has 0 aromatic heterocycles. The fourth-order valence-corrected chi connectivity index (χ4v) is 1.91. The molecular weight excluding hydrogens is 270 g/mol. The Balaban J connectivity index is 2.06. The molecule has 5 heteroatoms. The predicted octanol–water partition coefficient (Wildman–Crippen LogP) is 2.64. The van der Waals surface area contributed by atoms with Crippen LogP contribution in [0.1, 0.15) is 15.9 Å². The van der Waals surface area contributed by atoms with Gasteiger partial charge < -0.3 is 19.9 Å². The van der Waals surface area contributed by atoms with Crippen molar-refractivity contribution in [3.05, 3.63) is 53.6 Å². The van der Waals surface area contributed by atoms with E-state index in [2.05, 4.69) is 0 Å². The fourth-order valence-electron chi connectivity index (χ4n) is 1.91. The number of para-hydroxylation sites is 1. The molecule has 0 saturated heterocycles. The summed E-state index contributed by atoms with van der Waals surface area (Å²) in [5.41, 5.74) is 7.34. The second-order valence-corrected chi connectivity index (χ2v) is 4.34. The first-order valence-corrected chi connectivity index (χ1v) is 6.38. The zero-order valence-electron chi connectivity index (χ0n) is 12.0. The third-order valence-electron chi connectivity index (χ3n) is 3.02. The van der Waals surface area contributed by atoms with Gasteiger partial charge in [-0.3, -0.25) is 0 Å². The lowest BCUT2D eigenvalue weighted by Gasteiger charge is -2.10. The van der Waals surface area contributed by atoms with Crippen molar-refractivity contribution in [2.75, 3.05) is 20.0 Å². The van der Waals surface area contributed by atoms with Crippen LogP contribution < -0.4 is 15.2 Å². The van der Waals surface area contributed by atoms with Crippen LogP contribution in [0.15, 0.2) is 42.5 Å². The molecule has 0 atom stereocenters. The quantitative estimate of drug-likeness (QED) is 0.676. The Morgan fingerprint density at radius 3 is 2.43 bits per heavy atom. The van der Waals surface area contributed by atoms with Gasteiger partial charge >= 0.3 is 5.97 Å². The van der Waals surface area contributed by atoms with Crippen molar-refractivity contribution < 1.29 is 19.0 Å². The van der Waals surface area contributed by atoms with E-state index in [1.165, 1.54) is 13.2 Å². The number of carbonyl (C=O) groups excluding carboxylic acids is 1. The summed E-state index contributed by atoms with van der Waals surface area (Å²) in [4.78, 5) is 12.0. The van der Waals surface area contributed by atoms with Gasteiger partial charge in [-0.15, -0.1) is 0 Å². The second kappa shape index (κ2) is 6.65. The van der Waals surface area contributed by atoms with Gasteiger partial charge in [-0.1, -0.05) is 18.2 Å². The van der Waals surface area contributed by atoms with Crippen molar-refractivity contribution in [1.29, 1.82) is 0 Å². The van der Waals surface area contributed by atoms with E-state index in [0.717, 1.165) is 5.56 Å². The Kier molecular flexibility index (Phi) is 4.66. The zero-order valence-corrected chi connectivity index (χ0v) is 12.0. The van der Waals surface area contributed by atoms with E-state index in [-0.39, 0.29) is 6.61 Å². The van der Waals surface area contributed by atoms with Crippen LogP contribution in [0.2, 0.25) is 0 Å².